The summed E-state index contributed by atoms with van der Waals surface area (Å²) in [6.07, 6.45) is 0.792. The zero-order chi connectivity index (χ0) is 12.4. The van der Waals surface area contributed by atoms with Gasteiger partial charge < -0.3 is 5.73 Å². The number of halogens is 1. The molecule has 0 aliphatic rings. The number of hydrogen-bond donors (Lipinski definition) is 1. The Morgan fingerprint density at radius 3 is 2.71 bits per heavy atom. The lowest BCUT2D eigenvalue weighted by Crippen LogP contribution is -2.04. The maximum Gasteiger partial charge on any atom is 0.0826 e. The minimum atomic E-state index is 0.614. The SMILES string of the molecule is Cc1ccccc1-c1c(Br)c(CCN)nn1C. The van der Waals surface area contributed by atoms with E-state index in [2.05, 4.69) is 40.1 Å². The maximum atomic E-state index is 5.59. The Labute approximate surface area is 110 Å². The van der Waals surface area contributed by atoms with E-state index < -0.39 is 0 Å². The van der Waals surface area contributed by atoms with Crippen molar-refractivity contribution in [1.82, 2.24) is 9.78 Å². The number of nitrogens with two attached hydrogens (primary N) is 1. The molecule has 0 aliphatic carbocycles. The molecule has 0 atom stereocenters. The summed E-state index contributed by atoms with van der Waals surface area (Å²) in [5.41, 5.74) is 10.2. The summed E-state index contributed by atoms with van der Waals surface area (Å²) in [4.78, 5) is 0. The van der Waals surface area contributed by atoms with E-state index in [0.29, 0.717) is 6.54 Å². The molecule has 1 aromatic carbocycles. The molecule has 0 aliphatic heterocycles. The topological polar surface area (TPSA) is 43.8 Å². The fourth-order valence-electron chi connectivity index (χ4n) is 1.98. The van der Waals surface area contributed by atoms with Gasteiger partial charge in [-0.15, -0.1) is 0 Å². The quantitative estimate of drug-likeness (QED) is 0.945. The second kappa shape index (κ2) is 5.02. The second-order valence-electron chi connectivity index (χ2n) is 4.09. The first-order valence-electron chi connectivity index (χ1n) is 5.62. The highest BCUT2D eigenvalue weighted by molar-refractivity contribution is 9.10. The van der Waals surface area contributed by atoms with Crippen LogP contribution >= 0.6 is 15.9 Å². The van der Waals surface area contributed by atoms with Gasteiger partial charge in [-0.05, 0) is 35.0 Å². The lowest BCUT2D eigenvalue weighted by Gasteiger charge is -2.06. The molecule has 0 saturated carbocycles. The van der Waals surface area contributed by atoms with Gasteiger partial charge in [0.2, 0.25) is 0 Å². The van der Waals surface area contributed by atoms with Crippen LogP contribution in [0.1, 0.15) is 11.3 Å². The predicted molar refractivity (Wildman–Crippen MR) is 73.8 cm³/mol. The van der Waals surface area contributed by atoms with Crippen LogP contribution in [-0.4, -0.2) is 16.3 Å². The van der Waals surface area contributed by atoms with Crippen LogP contribution in [0.25, 0.3) is 11.3 Å². The number of hydrogen-bond acceptors (Lipinski definition) is 2. The van der Waals surface area contributed by atoms with E-state index in [0.717, 1.165) is 22.3 Å². The average molecular weight is 294 g/mol. The summed E-state index contributed by atoms with van der Waals surface area (Å²) < 4.78 is 2.97. The fourth-order valence-corrected chi connectivity index (χ4v) is 2.73. The maximum absolute atomic E-state index is 5.59. The van der Waals surface area contributed by atoms with E-state index in [1.165, 1.54) is 11.1 Å². The molecule has 3 nitrogen and oxygen atoms in total. The molecule has 2 N–H and O–H groups in total. The van der Waals surface area contributed by atoms with Crippen molar-refractivity contribution in [3.8, 4) is 11.3 Å². The van der Waals surface area contributed by atoms with E-state index in [9.17, 15) is 0 Å². The molecule has 0 saturated heterocycles. The van der Waals surface area contributed by atoms with Crippen LogP contribution in [-0.2, 0) is 13.5 Å². The first-order chi connectivity index (χ1) is 8.15. The van der Waals surface area contributed by atoms with Crippen LogP contribution in [0.3, 0.4) is 0 Å². The second-order valence-corrected chi connectivity index (χ2v) is 4.88. The van der Waals surface area contributed by atoms with Crippen molar-refractivity contribution in [2.45, 2.75) is 13.3 Å². The predicted octanol–water partition coefficient (Wildman–Crippen LogP) is 2.66. The number of aromatic nitrogens is 2. The fraction of sp³-hybridized carbons (Fsp3) is 0.308. The summed E-state index contributed by atoms with van der Waals surface area (Å²) in [5.74, 6) is 0. The van der Waals surface area contributed by atoms with Crippen molar-refractivity contribution in [3.05, 3.63) is 40.0 Å². The Morgan fingerprint density at radius 2 is 2.06 bits per heavy atom. The van der Waals surface area contributed by atoms with Crippen LogP contribution < -0.4 is 5.73 Å². The van der Waals surface area contributed by atoms with E-state index in [-0.39, 0.29) is 0 Å². The Bertz CT molecular complexity index is 531. The van der Waals surface area contributed by atoms with Crippen LogP contribution in [0.15, 0.2) is 28.7 Å². The molecule has 2 aromatic rings. The molecule has 0 radical (unpaired) electrons. The molecule has 0 spiro atoms. The van der Waals surface area contributed by atoms with Gasteiger partial charge in [0.1, 0.15) is 0 Å². The lowest BCUT2D eigenvalue weighted by atomic mass is 10.1. The first kappa shape index (κ1) is 12.3. The standard InChI is InChI=1S/C13H16BrN3/c1-9-5-3-4-6-10(9)13-12(14)11(7-8-15)16-17(13)2/h3-6H,7-8,15H2,1-2H3. The molecular weight excluding hydrogens is 278 g/mol. The molecule has 90 valence electrons. The largest absolute Gasteiger partial charge is 0.330 e. The van der Waals surface area contributed by atoms with Crippen molar-refractivity contribution in [2.24, 2.45) is 12.8 Å². The van der Waals surface area contributed by atoms with Gasteiger partial charge in [-0.3, -0.25) is 4.68 Å². The normalized spacial score (nSPS) is 10.8. The average Bonchev–Trinajstić information content (AvgIpc) is 2.57. The minimum absolute atomic E-state index is 0.614. The molecule has 17 heavy (non-hydrogen) atoms. The van der Waals surface area contributed by atoms with Crippen molar-refractivity contribution < 1.29 is 0 Å². The van der Waals surface area contributed by atoms with Gasteiger partial charge in [-0.25, -0.2) is 0 Å². The van der Waals surface area contributed by atoms with Gasteiger partial charge in [0.25, 0.3) is 0 Å². The Balaban J connectivity index is 2.56. The summed E-state index contributed by atoms with van der Waals surface area (Å²) in [7, 11) is 1.96. The van der Waals surface area contributed by atoms with Crippen molar-refractivity contribution >= 4 is 15.9 Å². The van der Waals surface area contributed by atoms with Gasteiger partial charge in [-0.2, -0.15) is 5.10 Å². The van der Waals surface area contributed by atoms with Gasteiger partial charge in [0.05, 0.1) is 15.9 Å². The molecule has 0 amide bonds. The Kier molecular flexibility index (Phi) is 3.64. The third-order valence-corrected chi connectivity index (χ3v) is 3.67. The zero-order valence-corrected chi connectivity index (χ0v) is 11.7. The molecule has 0 fully saturated rings. The van der Waals surface area contributed by atoms with Gasteiger partial charge in [-0.1, -0.05) is 24.3 Å². The molecule has 1 aromatic heterocycles. The zero-order valence-electron chi connectivity index (χ0n) is 10.1. The summed E-state index contributed by atoms with van der Waals surface area (Å²) in [6.45, 7) is 2.72. The highest BCUT2D eigenvalue weighted by Crippen LogP contribution is 2.32. The number of benzene rings is 1. The van der Waals surface area contributed by atoms with Crippen molar-refractivity contribution in [3.63, 3.8) is 0 Å². The van der Waals surface area contributed by atoms with Crippen molar-refractivity contribution in [2.75, 3.05) is 6.54 Å². The molecule has 2 rings (SSSR count). The van der Waals surface area contributed by atoms with Crippen LogP contribution in [0, 0.1) is 6.92 Å². The third kappa shape index (κ3) is 2.28. The van der Waals surface area contributed by atoms with Crippen molar-refractivity contribution in [1.29, 1.82) is 0 Å². The molecule has 0 bridgehead atoms. The highest BCUT2D eigenvalue weighted by atomic mass is 79.9. The van der Waals surface area contributed by atoms with Crippen LogP contribution in [0.4, 0.5) is 0 Å². The van der Waals surface area contributed by atoms with Gasteiger partial charge in [0, 0.05) is 19.0 Å². The summed E-state index contributed by atoms with van der Waals surface area (Å²) in [5, 5.41) is 4.51. The molecular formula is C13H16BrN3. The molecule has 0 unspecified atom stereocenters. The summed E-state index contributed by atoms with van der Waals surface area (Å²) in [6, 6.07) is 8.31. The van der Waals surface area contributed by atoms with E-state index >= 15 is 0 Å². The Morgan fingerprint density at radius 1 is 1.35 bits per heavy atom. The minimum Gasteiger partial charge on any atom is -0.330 e. The lowest BCUT2D eigenvalue weighted by molar-refractivity contribution is 0.745. The van der Waals surface area contributed by atoms with E-state index in [1.54, 1.807) is 0 Å². The van der Waals surface area contributed by atoms with Crippen LogP contribution in [0.5, 0.6) is 0 Å². The highest BCUT2D eigenvalue weighted by Gasteiger charge is 2.15. The van der Waals surface area contributed by atoms with Gasteiger partial charge in [0.15, 0.2) is 0 Å². The first-order valence-corrected chi connectivity index (χ1v) is 6.42. The summed E-state index contributed by atoms with van der Waals surface area (Å²) >= 11 is 3.64. The third-order valence-electron chi connectivity index (χ3n) is 2.84. The van der Waals surface area contributed by atoms with Gasteiger partial charge >= 0.3 is 0 Å². The molecule has 1 heterocycles. The van der Waals surface area contributed by atoms with E-state index in [4.69, 9.17) is 5.73 Å². The monoisotopic (exact) mass is 293 g/mol. The smallest absolute Gasteiger partial charge is 0.0826 e. The number of nitrogens with zero attached hydrogens (tertiary/aromatic N) is 2. The molecule has 4 heteroatoms. The number of rotatable bonds is 3. The number of aryl methyl sites for hydroxylation is 2. The Hall–Kier alpha value is -1.13. The van der Waals surface area contributed by atoms with Crippen LogP contribution in [0.2, 0.25) is 0 Å². The van der Waals surface area contributed by atoms with E-state index in [1.807, 2.05) is 23.9 Å².